The van der Waals surface area contributed by atoms with Gasteiger partial charge in [0.2, 0.25) is 5.91 Å². The Morgan fingerprint density at radius 1 is 1.32 bits per heavy atom. The molecule has 0 bridgehead atoms. The molecule has 1 aliphatic rings. The summed E-state index contributed by atoms with van der Waals surface area (Å²) in [4.78, 5) is 20.0. The summed E-state index contributed by atoms with van der Waals surface area (Å²) in [6.07, 6.45) is 1.10. The molecule has 0 fully saturated rings. The number of fused-ring (bicyclic) bond motifs is 1. The van der Waals surface area contributed by atoms with E-state index in [0.29, 0.717) is 12.0 Å². The van der Waals surface area contributed by atoms with Gasteiger partial charge in [-0.3, -0.25) is 4.79 Å². The van der Waals surface area contributed by atoms with E-state index in [-0.39, 0.29) is 36.4 Å². The lowest BCUT2D eigenvalue weighted by atomic mass is 10.1. The van der Waals surface area contributed by atoms with Crippen LogP contribution < -0.4 is 15.5 Å². The number of likely N-dealkylation sites (N-methyl/N-ethyl adjacent to an activating group) is 1. The highest BCUT2D eigenvalue weighted by atomic mass is 127. The van der Waals surface area contributed by atoms with Gasteiger partial charge in [0.1, 0.15) is 6.54 Å². The Morgan fingerprint density at radius 2 is 2.04 bits per heavy atom. The molecule has 1 atom stereocenters. The molecule has 7 heteroatoms. The van der Waals surface area contributed by atoms with E-state index >= 15 is 0 Å². The highest BCUT2D eigenvalue weighted by Gasteiger charge is 2.24. The quantitative estimate of drug-likeness (QED) is 0.387. The molecule has 0 saturated carbocycles. The number of nitrogens with zero attached hydrogens (tertiary/aromatic N) is 3. The molecule has 0 radical (unpaired) electrons. The van der Waals surface area contributed by atoms with Gasteiger partial charge in [-0.25, -0.2) is 4.99 Å². The number of benzene rings is 1. The predicted octanol–water partition coefficient (Wildman–Crippen LogP) is 1.70. The maximum atomic E-state index is 11.7. The topological polar surface area (TPSA) is 60.0 Å². The number of nitrogens with one attached hydrogen (secondary N) is 2. The van der Waals surface area contributed by atoms with Crippen LogP contribution in [0, 0.1) is 0 Å². The van der Waals surface area contributed by atoms with Gasteiger partial charge >= 0.3 is 0 Å². The van der Waals surface area contributed by atoms with Crippen LogP contribution in [-0.2, 0) is 11.2 Å². The third-order valence-electron chi connectivity index (χ3n) is 4.21. The van der Waals surface area contributed by atoms with E-state index in [1.807, 2.05) is 6.92 Å². The number of anilines is 1. The molecule has 0 saturated heterocycles. The summed E-state index contributed by atoms with van der Waals surface area (Å²) < 4.78 is 0. The molecule has 1 unspecified atom stereocenters. The second-order valence-corrected chi connectivity index (χ2v) is 6.29. The Hall–Kier alpha value is -1.51. The predicted molar refractivity (Wildman–Crippen MR) is 115 cm³/mol. The van der Waals surface area contributed by atoms with Crippen LogP contribution in [0.5, 0.6) is 0 Å². The van der Waals surface area contributed by atoms with Crippen LogP contribution in [0.25, 0.3) is 0 Å². The molecular formula is C18H30IN5O. The molecule has 0 aliphatic carbocycles. The lowest BCUT2D eigenvalue weighted by Crippen LogP contribution is -2.43. The zero-order chi connectivity index (χ0) is 17.5. The number of guanidine groups is 1. The minimum Gasteiger partial charge on any atom is -0.367 e. The molecule has 1 heterocycles. The molecule has 1 aliphatic heterocycles. The molecule has 1 amide bonds. The molecule has 1 aromatic rings. The number of amides is 1. The van der Waals surface area contributed by atoms with Crippen LogP contribution in [0.15, 0.2) is 29.3 Å². The van der Waals surface area contributed by atoms with E-state index in [4.69, 9.17) is 0 Å². The standard InChI is InChI=1S/C18H29N5O.HI/c1-5-19-18(21-13-17(24)22(3)4)20-10-11-23-14(2)12-15-8-6-7-9-16(15)23;/h6-9,14H,5,10-13H2,1-4H3,(H2,19,20,21);1H. The minimum atomic E-state index is -0.00528. The summed E-state index contributed by atoms with van der Waals surface area (Å²) >= 11 is 0. The first-order valence-electron chi connectivity index (χ1n) is 8.59. The lowest BCUT2D eigenvalue weighted by molar-refractivity contribution is -0.127. The fourth-order valence-electron chi connectivity index (χ4n) is 2.89. The van der Waals surface area contributed by atoms with Gasteiger partial charge < -0.3 is 20.4 Å². The summed E-state index contributed by atoms with van der Waals surface area (Å²) in [5.41, 5.74) is 2.75. The summed E-state index contributed by atoms with van der Waals surface area (Å²) in [6, 6.07) is 9.10. The first-order valence-corrected chi connectivity index (χ1v) is 8.59. The van der Waals surface area contributed by atoms with Crippen LogP contribution >= 0.6 is 24.0 Å². The van der Waals surface area contributed by atoms with Crippen LogP contribution in [0.2, 0.25) is 0 Å². The zero-order valence-corrected chi connectivity index (χ0v) is 17.9. The molecule has 6 nitrogen and oxygen atoms in total. The van der Waals surface area contributed by atoms with E-state index in [1.54, 1.807) is 19.0 Å². The van der Waals surface area contributed by atoms with Crippen molar-refractivity contribution in [2.45, 2.75) is 26.3 Å². The van der Waals surface area contributed by atoms with Gasteiger partial charge in [0.25, 0.3) is 0 Å². The van der Waals surface area contributed by atoms with E-state index in [0.717, 1.165) is 26.1 Å². The summed E-state index contributed by atoms with van der Waals surface area (Å²) in [5, 5.41) is 6.50. The average Bonchev–Trinajstić information content (AvgIpc) is 2.88. The third-order valence-corrected chi connectivity index (χ3v) is 4.21. The van der Waals surface area contributed by atoms with Crippen molar-refractivity contribution in [3.63, 3.8) is 0 Å². The van der Waals surface area contributed by atoms with Crippen molar-refractivity contribution in [3.8, 4) is 0 Å². The Labute approximate surface area is 168 Å². The van der Waals surface area contributed by atoms with Crippen molar-refractivity contribution in [3.05, 3.63) is 29.8 Å². The Bertz CT molecular complexity index is 591. The number of halogens is 1. The Balaban J connectivity index is 0.00000312. The highest BCUT2D eigenvalue weighted by Crippen LogP contribution is 2.31. The van der Waals surface area contributed by atoms with Crippen LogP contribution in [0.4, 0.5) is 5.69 Å². The second kappa shape index (κ2) is 10.5. The number of rotatable bonds is 6. The second-order valence-electron chi connectivity index (χ2n) is 6.29. The molecule has 2 rings (SSSR count). The molecule has 25 heavy (non-hydrogen) atoms. The van der Waals surface area contributed by atoms with Crippen molar-refractivity contribution in [2.75, 3.05) is 45.2 Å². The zero-order valence-electron chi connectivity index (χ0n) is 15.6. The van der Waals surface area contributed by atoms with Gasteiger partial charge in [0.05, 0.1) is 0 Å². The molecule has 0 aromatic heterocycles. The largest absolute Gasteiger partial charge is 0.367 e. The van der Waals surface area contributed by atoms with E-state index in [2.05, 4.69) is 51.7 Å². The summed E-state index contributed by atoms with van der Waals surface area (Å²) in [6.45, 7) is 6.89. The first kappa shape index (κ1) is 21.5. The van der Waals surface area contributed by atoms with Gasteiger partial charge in [0.15, 0.2) is 5.96 Å². The number of para-hydroxylation sites is 1. The fraction of sp³-hybridized carbons (Fsp3) is 0.556. The molecule has 2 N–H and O–H groups in total. The van der Waals surface area contributed by atoms with Crippen molar-refractivity contribution in [2.24, 2.45) is 4.99 Å². The number of carbonyl (C=O) groups is 1. The number of hydrogen-bond acceptors (Lipinski definition) is 3. The molecule has 140 valence electrons. The van der Waals surface area contributed by atoms with Crippen LogP contribution in [0.1, 0.15) is 19.4 Å². The van der Waals surface area contributed by atoms with Gasteiger partial charge in [-0.15, -0.1) is 24.0 Å². The highest BCUT2D eigenvalue weighted by molar-refractivity contribution is 14.0. The lowest BCUT2D eigenvalue weighted by Gasteiger charge is -2.25. The summed E-state index contributed by atoms with van der Waals surface area (Å²) in [7, 11) is 3.48. The van der Waals surface area contributed by atoms with Gasteiger partial charge in [-0.1, -0.05) is 18.2 Å². The van der Waals surface area contributed by atoms with Crippen LogP contribution in [-0.4, -0.2) is 63.1 Å². The van der Waals surface area contributed by atoms with Crippen molar-refractivity contribution in [1.82, 2.24) is 15.5 Å². The fourth-order valence-corrected chi connectivity index (χ4v) is 2.89. The Kier molecular flexibility index (Phi) is 9.02. The maximum absolute atomic E-state index is 11.7. The van der Waals surface area contributed by atoms with Gasteiger partial charge in [-0.05, 0) is 31.9 Å². The smallest absolute Gasteiger partial charge is 0.243 e. The minimum absolute atomic E-state index is 0. The van der Waals surface area contributed by atoms with Gasteiger partial charge in [0, 0.05) is 45.5 Å². The van der Waals surface area contributed by atoms with Crippen molar-refractivity contribution in [1.29, 1.82) is 0 Å². The molecule has 0 spiro atoms. The number of aliphatic imine (C=N–C) groups is 1. The van der Waals surface area contributed by atoms with Crippen molar-refractivity contribution < 1.29 is 4.79 Å². The van der Waals surface area contributed by atoms with Crippen LogP contribution in [0.3, 0.4) is 0 Å². The SMILES string of the molecule is CCNC(=NCC(=O)N(C)C)NCCN1c2ccccc2CC1C.I. The molecule has 1 aromatic carbocycles. The average molecular weight is 459 g/mol. The summed E-state index contributed by atoms with van der Waals surface area (Å²) in [5.74, 6) is 0.683. The number of hydrogen-bond donors (Lipinski definition) is 2. The van der Waals surface area contributed by atoms with Crippen molar-refractivity contribution >= 4 is 41.5 Å². The molecular weight excluding hydrogens is 429 g/mol. The monoisotopic (exact) mass is 459 g/mol. The normalized spacial score (nSPS) is 16.1. The Morgan fingerprint density at radius 3 is 2.72 bits per heavy atom. The van der Waals surface area contributed by atoms with Gasteiger partial charge in [-0.2, -0.15) is 0 Å². The van der Waals surface area contributed by atoms with E-state index in [1.165, 1.54) is 11.3 Å². The van der Waals surface area contributed by atoms with E-state index < -0.39 is 0 Å². The number of carbonyl (C=O) groups excluding carboxylic acids is 1. The van der Waals surface area contributed by atoms with E-state index in [9.17, 15) is 4.79 Å². The first-order chi connectivity index (χ1) is 11.5. The maximum Gasteiger partial charge on any atom is 0.243 e. The third kappa shape index (κ3) is 6.05.